The molecule has 0 atom stereocenters. The second kappa shape index (κ2) is 8.44. The van der Waals surface area contributed by atoms with Gasteiger partial charge in [0.25, 0.3) is 5.56 Å². The van der Waals surface area contributed by atoms with Gasteiger partial charge in [-0.15, -0.1) is 0 Å². The Hall–Kier alpha value is -3.52. The maximum Gasteiger partial charge on any atom is 0.320 e. The number of nitrogens with zero attached hydrogens (tertiary/aromatic N) is 4. The molecule has 2 aromatic heterocycles. The van der Waals surface area contributed by atoms with Gasteiger partial charge in [0.1, 0.15) is 5.82 Å². The summed E-state index contributed by atoms with van der Waals surface area (Å²) in [6.07, 6.45) is 0. The van der Waals surface area contributed by atoms with Gasteiger partial charge in [-0.25, -0.2) is 9.97 Å². The molecule has 0 aliphatic carbocycles. The molecule has 0 unspecified atom stereocenters. The first-order chi connectivity index (χ1) is 15.9. The van der Waals surface area contributed by atoms with Crippen molar-refractivity contribution in [3.63, 3.8) is 0 Å². The molecule has 0 aliphatic rings. The van der Waals surface area contributed by atoms with Crippen LogP contribution in [0.5, 0.6) is 0 Å². The molecule has 0 saturated carbocycles. The second-order valence-electron chi connectivity index (χ2n) is 7.77. The topological polar surface area (TPSA) is 52.7 Å². The number of hydrogen-bond acceptors (Lipinski definition) is 4. The van der Waals surface area contributed by atoms with Crippen molar-refractivity contribution in [3.8, 4) is 5.69 Å². The number of hydrogen-bond donors (Lipinski definition) is 0. The van der Waals surface area contributed by atoms with Crippen LogP contribution in [0.25, 0.3) is 27.6 Å². The molecule has 0 spiro atoms. The molecule has 8 heteroatoms. The molecule has 0 bridgehead atoms. The number of alkyl halides is 2. The van der Waals surface area contributed by atoms with E-state index >= 15 is 0 Å². The lowest BCUT2D eigenvalue weighted by molar-refractivity contribution is 0.0722. The summed E-state index contributed by atoms with van der Waals surface area (Å²) in [5.41, 5.74) is 4.09. The Morgan fingerprint density at radius 3 is 2.39 bits per heavy atom. The van der Waals surface area contributed by atoms with Crippen LogP contribution in [0.3, 0.4) is 0 Å². The largest absolute Gasteiger partial charge is 0.320 e. The van der Waals surface area contributed by atoms with Gasteiger partial charge in [-0.3, -0.25) is 13.9 Å². The summed E-state index contributed by atoms with van der Waals surface area (Å²) in [6.45, 7) is 1.26. The molecule has 33 heavy (non-hydrogen) atoms. The number of para-hydroxylation sites is 3. The first-order valence-corrected chi connectivity index (χ1v) is 11.4. The summed E-state index contributed by atoms with van der Waals surface area (Å²) >= 11 is 1.22. The van der Waals surface area contributed by atoms with Gasteiger partial charge in [0.2, 0.25) is 0 Å². The van der Waals surface area contributed by atoms with Crippen LogP contribution >= 0.6 is 11.8 Å². The molecular formula is C25H20F2N4OS. The lowest BCUT2D eigenvalue weighted by Crippen LogP contribution is -2.22. The second-order valence-corrected chi connectivity index (χ2v) is 8.72. The molecule has 5 nitrogen and oxygen atoms in total. The number of rotatable bonds is 5. The molecule has 0 amide bonds. The van der Waals surface area contributed by atoms with E-state index in [1.165, 1.54) is 11.8 Å². The van der Waals surface area contributed by atoms with Gasteiger partial charge in [-0.05, 0) is 61.4 Å². The number of aromatic nitrogens is 4. The Kier molecular flexibility index (Phi) is 5.46. The molecule has 0 fully saturated rings. The van der Waals surface area contributed by atoms with Crippen molar-refractivity contribution in [2.45, 2.75) is 31.3 Å². The third-order valence-electron chi connectivity index (χ3n) is 5.69. The molecule has 3 aromatic carbocycles. The Balaban J connectivity index is 1.64. The Labute approximate surface area is 192 Å². The summed E-state index contributed by atoms with van der Waals surface area (Å²) in [6, 6.07) is 19.7. The van der Waals surface area contributed by atoms with Crippen molar-refractivity contribution in [2.24, 2.45) is 0 Å². The van der Waals surface area contributed by atoms with Crippen molar-refractivity contribution in [1.82, 2.24) is 19.1 Å². The monoisotopic (exact) mass is 462 g/mol. The van der Waals surface area contributed by atoms with Gasteiger partial charge >= 0.3 is 6.55 Å². The number of benzene rings is 3. The van der Waals surface area contributed by atoms with Gasteiger partial charge in [-0.1, -0.05) is 42.1 Å². The van der Waals surface area contributed by atoms with E-state index in [1.807, 2.05) is 38.1 Å². The van der Waals surface area contributed by atoms with E-state index in [4.69, 9.17) is 4.98 Å². The molecule has 5 rings (SSSR count). The molecule has 2 heterocycles. The minimum Gasteiger partial charge on any atom is -0.269 e. The molecule has 166 valence electrons. The van der Waals surface area contributed by atoms with Crippen LogP contribution in [0.4, 0.5) is 8.78 Å². The van der Waals surface area contributed by atoms with Crippen LogP contribution in [-0.4, -0.2) is 19.1 Å². The van der Waals surface area contributed by atoms with Gasteiger partial charge in [0.15, 0.2) is 5.16 Å². The number of imidazole rings is 1. The highest BCUT2D eigenvalue weighted by atomic mass is 32.2. The van der Waals surface area contributed by atoms with Crippen LogP contribution < -0.4 is 5.56 Å². The van der Waals surface area contributed by atoms with E-state index in [-0.39, 0.29) is 17.1 Å². The zero-order valence-corrected chi connectivity index (χ0v) is 18.8. The minimum atomic E-state index is -2.72. The molecule has 0 N–H and O–H groups in total. The van der Waals surface area contributed by atoms with Gasteiger partial charge in [0, 0.05) is 0 Å². The van der Waals surface area contributed by atoms with Crippen molar-refractivity contribution in [3.05, 3.63) is 94.0 Å². The minimum absolute atomic E-state index is 0.134. The fourth-order valence-electron chi connectivity index (χ4n) is 3.84. The molecule has 5 aromatic rings. The lowest BCUT2D eigenvalue weighted by atomic mass is 10.1. The summed E-state index contributed by atoms with van der Waals surface area (Å²) < 4.78 is 30.2. The van der Waals surface area contributed by atoms with Gasteiger partial charge in [-0.2, -0.15) is 8.78 Å². The molecule has 0 radical (unpaired) electrons. The first kappa shape index (κ1) is 21.3. The van der Waals surface area contributed by atoms with Crippen LogP contribution in [-0.2, 0) is 5.75 Å². The standard InChI is InChI=1S/C25H20F2N4OS/c1-15-11-12-17(13-16(15)2)30-23(32)18-7-3-4-8-19(18)29-25(30)33-14-22-28-20-9-5-6-10-21(20)31(22)24(26)27/h3-13,24H,14H2,1-2H3. The van der Waals surface area contributed by atoms with Crippen LogP contribution in [0.2, 0.25) is 0 Å². The maximum atomic E-state index is 13.9. The predicted octanol–water partition coefficient (Wildman–Crippen LogP) is 6.04. The third kappa shape index (κ3) is 3.80. The van der Waals surface area contributed by atoms with Crippen LogP contribution in [0.15, 0.2) is 76.7 Å². The van der Waals surface area contributed by atoms with Gasteiger partial charge in [0.05, 0.1) is 33.4 Å². The summed E-state index contributed by atoms with van der Waals surface area (Å²) in [5.74, 6) is 0.361. The normalized spacial score (nSPS) is 11.7. The SMILES string of the molecule is Cc1ccc(-n2c(SCc3nc4ccccc4n3C(F)F)nc3ccccc3c2=O)cc1C. The molecule has 0 saturated heterocycles. The van der Waals surface area contributed by atoms with Crippen molar-refractivity contribution < 1.29 is 8.78 Å². The molecule has 0 aliphatic heterocycles. The smallest absolute Gasteiger partial charge is 0.269 e. The highest BCUT2D eigenvalue weighted by molar-refractivity contribution is 7.98. The summed E-state index contributed by atoms with van der Waals surface area (Å²) in [7, 11) is 0. The van der Waals surface area contributed by atoms with Crippen LogP contribution in [0, 0.1) is 13.8 Å². The average molecular weight is 463 g/mol. The number of thioether (sulfide) groups is 1. The van der Waals surface area contributed by atoms with E-state index in [0.717, 1.165) is 15.7 Å². The zero-order valence-electron chi connectivity index (χ0n) is 18.0. The number of fused-ring (bicyclic) bond motifs is 2. The highest BCUT2D eigenvalue weighted by Crippen LogP contribution is 2.29. The van der Waals surface area contributed by atoms with E-state index in [0.29, 0.717) is 32.8 Å². The third-order valence-corrected chi connectivity index (χ3v) is 6.62. The maximum absolute atomic E-state index is 13.9. The van der Waals surface area contributed by atoms with E-state index < -0.39 is 6.55 Å². The Morgan fingerprint density at radius 1 is 0.909 bits per heavy atom. The average Bonchev–Trinajstić information content (AvgIpc) is 3.18. The quantitative estimate of drug-likeness (QED) is 0.236. The van der Waals surface area contributed by atoms with E-state index in [9.17, 15) is 13.6 Å². The van der Waals surface area contributed by atoms with Crippen molar-refractivity contribution in [1.29, 1.82) is 0 Å². The first-order valence-electron chi connectivity index (χ1n) is 10.4. The Bertz CT molecular complexity index is 1560. The number of halogens is 2. The zero-order chi connectivity index (χ0) is 23.1. The highest BCUT2D eigenvalue weighted by Gasteiger charge is 2.20. The van der Waals surface area contributed by atoms with E-state index in [1.54, 1.807) is 47.0 Å². The van der Waals surface area contributed by atoms with Crippen LogP contribution in [0.1, 0.15) is 23.5 Å². The molecular weight excluding hydrogens is 442 g/mol. The van der Waals surface area contributed by atoms with Gasteiger partial charge < -0.3 is 0 Å². The predicted molar refractivity (Wildman–Crippen MR) is 127 cm³/mol. The van der Waals surface area contributed by atoms with Crippen molar-refractivity contribution >= 4 is 33.7 Å². The Morgan fingerprint density at radius 2 is 1.64 bits per heavy atom. The fourth-order valence-corrected chi connectivity index (χ4v) is 4.79. The van der Waals surface area contributed by atoms with Crippen molar-refractivity contribution in [2.75, 3.05) is 0 Å². The lowest BCUT2D eigenvalue weighted by Gasteiger charge is -2.15. The summed E-state index contributed by atoms with van der Waals surface area (Å²) in [5, 5.41) is 0.926. The fraction of sp³-hybridized carbons (Fsp3) is 0.160. The summed E-state index contributed by atoms with van der Waals surface area (Å²) in [4.78, 5) is 22.6. The number of aryl methyl sites for hydroxylation is 2. The van der Waals surface area contributed by atoms with E-state index in [2.05, 4.69) is 4.98 Å².